The van der Waals surface area contributed by atoms with Gasteiger partial charge in [-0.1, -0.05) is 33.6 Å². The van der Waals surface area contributed by atoms with E-state index in [4.69, 9.17) is 16.0 Å². The molecule has 0 aliphatic heterocycles. The molecule has 0 aliphatic carbocycles. The zero-order valence-corrected chi connectivity index (χ0v) is 13.1. The van der Waals surface area contributed by atoms with Crippen LogP contribution >= 0.6 is 27.5 Å². The first-order chi connectivity index (χ1) is 9.61. The van der Waals surface area contributed by atoms with Gasteiger partial charge >= 0.3 is 0 Å². The fourth-order valence-corrected chi connectivity index (χ4v) is 2.84. The molecule has 5 heteroatoms. The lowest BCUT2D eigenvalue weighted by molar-refractivity contribution is 0.561. The molecule has 0 radical (unpaired) electrons. The molecule has 1 N–H and O–H groups in total. The number of hydrogen-bond donors (Lipinski definition) is 1. The first-order valence-electron chi connectivity index (χ1n) is 6.17. The third kappa shape index (κ3) is 2.81. The molecule has 102 valence electrons. The summed E-state index contributed by atoms with van der Waals surface area (Å²) in [5.74, 6) is 0.678. The summed E-state index contributed by atoms with van der Waals surface area (Å²) in [4.78, 5) is 4.32. The van der Waals surface area contributed by atoms with Crippen molar-refractivity contribution < 1.29 is 4.42 Å². The molecule has 1 heterocycles. The predicted molar refractivity (Wildman–Crippen MR) is 85.2 cm³/mol. The Morgan fingerprint density at radius 1 is 1.25 bits per heavy atom. The summed E-state index contributed by atoms with van der Waals surface area (Å²) in [6.07, 6.45) is 0. The van der Waals surface area contributed by atoms with E-state index in [1.165, 1.54) is 0 Å². The average molecular weight is 352 g/mol. The number of benzene rings is 2. The van der Waals surface area contributed by atoms with Crippen LogP contribution in [0.1, 0.15) is 11.5 Å². The summed E-state index contributed by atoms with van der Waals surface area (Å²) in [6, 6.07) is 11.7. The van der Waals surface area contributed by atoms with Crippen molar-refractivity contribution in [3.8, 4) is 0 Å². The monoisotopic (exact) mass is 350 g/mol. The molecule has 0 unspecified atom stereocenters. The quantitative estimate of drug-likeness (QED) is 0.708. The van der Waals surface area contributed by atoms with E-state index in [0.29, 0.717) is 12.4 Å². The van der Waals surface area contributed by atoms with Crippen LogP contribution in [0.15, 0.2) is 45.3 Å². The van der Waals surface area contributed by atoms with Gasteiger partial charge in [-0.3, -0.25) is 0 Å². The van der Waals surface area contributed by atoms with E-state index in [0.717, 1.165) is 31.8 Å². The number of hydrogen-bond acceptors (Lipinski definition) is 3. The molecule has 0 amide bonds. The lowest BCUT2D eigenvalue weighted by Crippen LogP contribution is -1.99. The van der Waals surface area contributed by atoms with Gasteiger partial charge in [0.2, 0.25) is 0 Å². The largest absolute Gasteiger partial charge is 0.441 e. The summed E-state index contributed by atoms with van der Waals surface area (Å²) >= 11 is 9.44. The molecule has 3 rings (SSSR count). The van der Waals surface area contributed by atoms with E-state index >= 15 is 0 Å². The second-order valence-corrected chi connectivity index (χ2v) is 5.80. The van der Waals surface area contributed by atoms with Crippen molar-refractivity contribution >= 4 is 44.3 Å². The molecular weight excluding hydrogens is 340 g/mol. The molecular formula is C15H12BrClN2O. The second-order valence-electron chi connectivity index (χ2n) is 4.50. The standard InChI is InChI=1S/C15H12BrClN2O/c1-9-19-14-7-12(4-5-15(14)20-9)18-8-10-2-3-11(17)6-13(10)16/h2-7,18H,8H2,1H3. The van der Waals surface area contributed by atoms with Crippen molar-refractivity contribution in [2.45, 2.75) is 13.5 Å². The Kier molecular flexibility index (Phi) is 3.68. The van der Waals surface area contributed by atoms with E-state index in [9.17, 15) is 0 Å². The van der Waals surface area contributed by atoms with Crippen LogP contribution < -0.4 is 5.32 Å². The van der Waals surface area contributed by atoms with E-state index in [1.807, 2.05) is 43.3 Å². The Labute approximate surface area is 130 Å². The summed E-state index contributed by atoms with van der Waals surface area (Å²) in [5.41, 5.74) is 3.82. The van der Waals surface area contributed by atoms with Crippen LogP contribution in [-0.4, -0.2) is 4.98 Å². The molecule has 0 aliphatic rings. The number of aromatic nitrogens is 1. The Morgan fingerprint density at radius 3 is 2.90 bits per heavy atom. The first-order valence-corrected chi connectivity index (χ1v) is 7.34. The first kappa shape index (κ1) is 13.5. The number of aryl methyl sites for hydroxylation is 1. The van der Waals surface area contributed by atoms with Gasteiger partial charge in [0.05, 0.1) is 0 Å². The van der Waals surface area contributed by atoms with Crippen molar-refractivity contribution in [3.63, 3.8) is 0 Å². The number of nitrogens with zero attached hydrogens (tertiary/aromatic N) is 1. The Bertz CT molecular complexity index is 770. The highest BCUT2D eigenvalue weighted by Crippen LogP contribution is 2.24. The predicted octanol–water partition coefficient (Wildman–Crippen LogP) is 5.16. The molecule has 0 saturated carbocycles. The molecule has 3 nitrogen and oxygen atoms in total. The van der Waals surface area contributed by atoms with Crippen molar-refractivity contribution in [3.05, 3.63) is 57.3 Å². The zero-order valence-electron chi connectivity index (χ0n) is 10.8. The SMILES string of the molecule is Cc1nc2cc(NCc3ccc(Cl)cc3Br)ccc2o1. The van der Waals surface area contributed by atoms with Gasteiger partial charge < -0.3 is 9.73 Å². The van der Waals surface area contributed by atoms with E-state index in [1.54, 1.807) is 0 Å². The van der Waals surface area contributed by atoms with E-state index < -0.39 is 0 Å². The maximum atomic E-state index is 5.93. The number of halogens is 2. The fraction of sp³-hybridized carbons (Fsp3) is 0.133. The van der Waals surface area contributed by atoms with Crippen molar-refractivity contribution in [2.75, 3.05) is 5.32 Å². The normalized spacial score (nSPS) is 10.9. The van der Waals surface area contributed by atoms with E-state index in [2.05, 4.69) is 26.2 Å². The third-order valence-electron chi connectivity index (χ3n) is 2.99. The van der Waals surface area contributed by atoms with Gasteiger partial charge in [-0.2, -0.15) is 0 Å². The van der Waals surface area contributed by atoms with Gasteiger partial charge in [0, 0.05) is 28.7 Å². The van der Waals surface area contributed by atoms with Crippen molar-refractivity contribution in [1.29, 1.82) is 0 Å². The molecule has 0 fully saturated rings. The molecule has 0 spiro atoms. The Hall–Kier alpha value is -1.52. The topological polar surface area (TPSA) is 38.1 Å². The van der Waals surface area contributed by atoms with Gasteiger partial charge in [0.1, 0.15) is 5.52 Å². The van der Waals surface area contributed by atoms with Crippen LogP contribution in [0.3, 0.4) is 0 Å². The number of rotatable bonds is 3. The highest BCUT2D eigenvalue weighted by atomic mass is 79.9. The van der Waals surface area contributed by atoms with Crippen molar-refractivity contribution in [1.82, 2.24) is 4.98 Å². The summed E-state index contributed by atoms with van der Waals surface area (Å²) in [7, 11) is 0. The molecule has 0 saturated heterocycles. The number of anilines is 1. The minimum absolute atomic E-state index is 0.678. The molecule has 0 bridgehead atoms. The van der Waals surface area contributed by atoms with Crippen LogP contribution in [0, 0.1) is 6.92 Å². The average Bonchev–Trinajstić information content (AvgIpc) is 2.77. The number of nitrogens with one attached hydrogen (secondary N) is 1. The number of fused-ring (bicyclic) bond motifs is 1. The van der Waals surface area contributed by atoms with Crippen LogP contribution in [0.25, 0.3) is 11.1 Å². The lowest BCUT2D eigenvalue weighted by atomic mass is 10.2. The van der Waals surface area contributed by atoms with Gasteiger partial charge in [-0.05, 0) is 35.9 Å². The van der Waals surface area contributed by atoms with Crippen molar-refractivity contribution in [2.24, 2.45) is 0 Å². The minimum atomic E-state index is 0.678. The van der Waals surface area contributed by atoms with Crippen LogP contribution in [0.2, 0.25) is 5.02 Å². The third-order valence-corrected chi connectivity index (χ3v) is 3.97. The minimum Gasteiger partial charge on any atom is -0.441 e. The fourth-order valence-electron chi connectivity index (χ4n) is 2.01. The lowest BCUT2D eigenvalue weighted by Gasteiger charge is -2.08. The molecule has 0 atom stereocenters. The molecule has 2 aromatic carbocycles. The van der Waals surface area contributed by atoms with E-state index in [-0.39, 0.29) is 0 Å². The maximum absolute atomic E-state index is 5.93. The van der Waals surface area contributed by atoms with Gasteiger partial charge in [-0.25, -0.2) is 4.98 Å². The molecule has 3 aromatic rings. The Morgan fingerprint density at radius 2 is 2.10 bits per heavy atom. The maximum Gasteiger partial charge on any atom is 0.192 e. The van der Waals surface area contributed by atoms with Crippen LogP contribution in [-0.2, 0) is 6.54 Å². The Balaban J connectivity index is 1.79. The highest BCUT2D eigenvalue weighted by molar-refractivity contribution is 9.10. The van der Waals surface area contributed by atoms with Crippen LogP contribution in [0.5, 0.6) is 0 Å². The summed E-state index contributed by atoms with van der Waals surface area (Å²) in [6.45, 7) is 2.55. The van der Waals surface area contributed by atoms with Gasteiger partial charge in [0.15, 0.2) is 11.5 Å². The number of oxazole rings is 1. The second kappa shape index (κ2) is 5.46. The molecule has 20 heavy (non-hydrogen) atoms. The summed E-state index contributed by atoms with van der Waals surface area (Å²) < 4.78 is 6.45. The summed E-state index contributed by atoms with van der Waals surface area (Å²) in [5, 5.41) is 4.09. The van der Waals surface area contributed by atoms with Crippen LogP contribution in [0.4, 0.5) is 5.69 Å². The smallest absolute Gasteiger partial charge is 0.192 e. The highest BCUT2D eigenvalue weighted by Gasteiger charge is 2.04. The van der Waals surface area contributed by atoms with Gasteiger partial charge in [-0.15, -0.1) is 0 Å². The molecule has 1 aromatic heterocycles. The van der Waals surface area contributed by atoms with Gasteiger partial charge in [0.25, 0.3) is 0 Å². The zero-order chi connectivity index (χ0) is 14.1.